The molecule has 0 rings (SSSR count). The van der Waals surface area contributed by atoms with Crippen molar-refractivity contribution in [1.82, 2.24) is 3.88 Å². The third-order valence-corrected chi connectivity index (χ3v) is 2.20. The Kier molecular flexibility index (Phi) is 2.74. The maximum atomic E-state index is 10.3. The van der Waals surface area contributed by atoms with Crippen LogP contribution in [0.3, 0.4) is 0 Å². The Morgan fingerprint density at radius 2 is 1.50 bits per heavy atom. The third kappa shape index (κ3) is 2.10. The van der Waals surface area contributed by atoms with E-state index in [0.717, 1.165) is 0 Å². The molecule has 0 aromatic carbocycles. The first-order chi connectivity index (χ1) is 3.55. The summed E-state index contributed by atoms with van der Waals surface area (Å²) in [6, 6.07) is 0. The zero-order valence-corrected chi connectivity index (χ0v) is 7.26. The molecule has 0 aliphatic rings. The van der Waals surface area contributed by atoms with Gasteiger partial charge in [0, 0.05) is 13.8 Å². The number of carbonyl (C=O) groups excluding carboxylic acids is 2. The molecule has 0 N–H and O–H groups in total. The second-order valence-electron chi connectivity index (χ2n) is 1.60. The van der Waals surface area contributed by atoms with Gasteiger partial charge in [0.05, 0.1) is 0 Å². The van der Waals surface area contributed by atoms with Gasteiger partial charge in [-0.05, 0) is 0 Å². The van der Waals surface area contributed by atoms with Crippen LogP contribution in [0.4, 0.5) is 0 Å². The van der Waals surface area contributed by atoms with Crippen LogP contribution in [0.25, 0.3) is 0 Å². The van der Waals surface area contributed by atoms with Gasteiger partial charge in [0.2, 0.25) is 11.8 Å². The number of rotatable bonds is 0. The first-order valence-electron chi connectivity index (χ1n) is 2.30. The van der Waals surface area contributed by atoms with Crippen LogP contribution in [0.1, 0.15) is 13.8 Å². The van der Waals surface area contributed by atoms with Crippen molar-refractivity contribution in [3.05, 3.63) is 0 Å². The normalized spacial score (nSPS) is 8.25. The standard InChI is InChI=1S/C4H7NO2.Al.2H/c1-3(6)5-4(2)7;;;/h1-2H3,(H,5,6,7);;;/q;+1;;/p-1. The fourth-order valence-electron chi connectivity index (χ4n) is 0.222. The van der Waals surface area contributed by atoms with Gasteiger partial charge in [-0.25, -0.2) is 0 Å². The minimum absolute atomic E-state index is 0.163. The number of hydrogen-bond acceptors (Lipinski definition) is 2. The summed E-state index contributed by atoms with van der Waals surface area (Å²) >= 11 is 0.492. The maximum absolute atomic E-state index is 10.3. The molecule has 0 spiro atoms. The Bertz CT molecular complexity index is 109. The fraction of sp³-hybridized carbons (Fsp3) is 0.500. The molecule has 0 aromatic heterocycles. The molecular weight excluding hydrogens is 121 g/mol. The van der Waals surface area contributed by atoms with Crippen molar-refractivity contribution in [2.75, 3.05) is 0 Å². The van der Waals surface area contributed by atoms with Crippen LogP contribution >= 0.6 is 0 Å². The zero-order chi connectivity index (χ0) is 6.73. The number of nitrogens with zero attached hydrogens (tertiary/aromatic N) is 1. The number of amides is 2. The molecule has 4 heteroatoms. The lowest BCUT2D eigenvalue weighted by atomic mass is 10.6. The fourth-order valence-corrected chi connectivity index (χ4v) is 0.222. The molecule has 8 heavy (non-hydrogen) atoms. The molecule has 44 valence electrons. The van der Waals surface area contributed by atoms with E-state index in [1.807, 2.05) is 0 Å². The summed E-state index contributed by atoms with van der Waals surface area (Å²) in [5.41, 5.74) is 0. The van der Waals surface area contributed by atoms with Gasteiger partial charge in [-0.1, -0.05) is 0 Å². The van der Waals surface area contributed by atoms with Crippen molar-refractivity contribution < 1.29 is 9.59 Å². The van der Waals surface area contributed by atoms with Gasteiger partial charge in [-0.15, -0.1) is 0 Å². The highest BCUT2D eigenvalue weighted by Gasteiger charge is 2.03. The largest absolute Gasteiger partial charge is 0.386 e. The number of hydrogen-bond donors (Lipinski definition) is 0. The molecule has 0 fully saturated rings. The van der Waals surface area contributed by atoms with Crippen LogP contribution < -0.4 is 0 Å². The van der Waals surface area contributed by atoms with Gasteiger partial charge in [0.1, 0.15) is 0 Å². The van der Waals surface area contributed by atoms with E-state index >= 15 is 0 Å². The van der Waals surface area contributed by atoms with E-state index in [0.29, 0.717) is 16.5 Å². The molecule has 0 saturated heterocycles. The zero-order valence-electron chi connectivity index (χ0n) is 5.26. The second kappa shape index (κ2) is 2.85. The molecule has 0 aliphatic carbocycles. The van der Waals surface area contributed by atoms with Crippen molar-refractivity contribution in [3.63, 3.8) is 0 Å². The second-order valence-corrected chi connectivity index (χ2v) is 2.49. The first kappa shape index (κ1) is 7.67. The van der Waals surface area contributed by atoms with E-state index in [9.17, 15) is 9.59 Å². The van der Waals surface area contributed by atoms with Crippen LogP contribution in [-0.4, -0.2) is 32.2 Å². The molecule has 2 amide bonds. The van der Waals surface area contributed by atoms with Gasteiger partial charge < -0.3 is 3.88 Å². The lowest BCUT2D eigenvalue weighted by Gasteiger charge is -2.09. The average Bonchev–Trinajstić information content (AvgIpc) is 1.64. The van der Waals surface area contributed by atoms with Crippen molar-refractivity contribution >= 4 is 28.3 Å². The van der Waals surface area contributed by atoms with E-state index in [4.69, 9.17) is 0 Å². The first-order valence-corrected chi connectivity index (χ1v) is 3.20. The van der Waals surface area contributed by atoms with Crippen molar-refractivity contribution in [2.24, 2.45) is 0 Å². The summed E-state index contributed by atoms with van der Waals surface area (Å²) in [5.74, 6) is -0.326. The van der Waals surface area contributed by atoms with Crippen LogP contribution in [0, 0.1) is 0 Å². The Labute approximate surface area is 56.3 Å². The summed E-state index contributed by atoms with van der Waals surface area (Å²) in [6.07, 6.45) is 0. The summed E-state index contributed by atoms with van der Waals surface area (Å²) in [5, 5.41) is 0. The minimum Gasteiger partial charge on any atom is -0.386 e. The molecule has 0 unspecified atom stereocenters. The van der Waals surface area contributed by atoms with Gasteiger partial charge in [-0.2, -0.15) is 0 Å². The smallest absolute Gasteiger partial charge is 0.379 e. The maximum Gasteiger partial charge on any atom is 0.379 e. The summed E-state index contributed by atoms with van der Waals surface area (Å²) in [7, 11) is 0. The Morgan fingerprint density at radius 1 is 1.25 bits per heavy atom. The minimum atomic E-state index is -0.163. The monoisotopic (exact) mass is 129 g/mol. The van der Waals surface area contributed by atoms with E-state index in [-0.39, 0.29) is 11.8 Å². The highest BCUT2D eigenvalue weighted by molar-refractivity contribution is 6.23. The number of imide groups is 1. The lowest BCUT2D eigenvalue weighted by molar-refractivity contribution is -0.135. The molecule has 0 aliphatic heterocycles. The highest BCUT2D eigenvalue weighted by atomic mass is 27.1. The Morgan fingerprint density at radius 3 is 1.50 bits per heavy atom. The van der Waals surface area contributed by atoms with Crippen molar-refractivity contribution in [1.29, 1.82) is 0 Å². The molecule has 3 nitrogen and oxygen atoms in total. The molecule has 0 bridgehead atoms. The van der Waals surface area contributed by atoms with Crippen molar-refractivity contribution in [3.8, 4) is 0 Å². The van der Waals surface area contributed by atoms with E-state index < -0.39 is 0 Å². The Balaban J connectivity index is 3.83. The lowest BCUT2D eigenvalue weighted by Crippen LogP contribution is -2.29. The van der Waals surface area contributed by atoms with Crippen molar-refractivity contribution in [2.45, 2.75) is 13.8 Å². The average molecular weight is 129 g/mol. The summed E-state index contributed by atoms with van der Waals surface area (Å²) < 4.78 is 1.19. The molecule has 0 heterocycles. The van der Waals surface area contributed by atoms with Gasteiger partial charge in [0.25, 0.3) is 0 Å². The van der Waals surface area contributed by atoms with E-state index in [1.54, 1.807) is 0 Å². The third-order valence-electron chi connectivity index (χ3n) is 0.945. The van der Waals surface area contributed by atoms with Crippen LogP contribution in [0.15, 0.2) is 0 Å². The van der Waals surface area contributed by atoms with Gasteiger partial charge >= 0.3 is 16.5 Å². The number of carbonyl (C=O) groups is 2. The van der Waals surface area contributed by atoms with Crippen LogP contribution in [0.5, 0.6) is 0 Å². The quantitative estimate of drug-likeness (QED) is 0.390. The van der Waals surface area contributed by atoms with Gasteiger partial charge in [-0.3, -0.25) is 9.59 Å². The molecular formula is C4H8AlNO2. The highest BCUT2D eigenvalue weighted by Crippen LogP contribution is 1.80. The predicted octanol–water partition coefficient (Wildman–Crippen LogP) is -1.07. The molecule has 0 radical (unpaired) electrons. The van der Waals surface area contributed by atoms with Crippen LogP contribution in [0.2, 0.25) is 0 Å². The van der Waals surface area contributed by atoms with E-state index in [1.165, 1.54) is 17.7 Å². The topological polar surface area (TPSA) is 37.4 Å². The molecule has 0 atom stereocenters. The Hall–Kier alpha value is -0.328. The predicted molar refractivity (Wildman–Crippen MR) is 31.7 cm³/mol. The molecule has 0 saturated carbocycles. The summed E-state index contributed by atoms with van der Waals surface area (Å²) in [4.78, 5) is 20.6. The summed E-state index contributed by atoms with van der Waals surface area (Å²) in [6.45, 7) is 2.77. The van der Waals surface area contributed by atoms with Gasteiger partial charge in [0.15, 0.2) is 0 Å². The molecule has 0 aromatic rings. The van der Waals surface area contributed by atoms with E-state index in [2.05, 4.69) is 0 Å². The van der Waals surface area contributed by atoms with Crippen LogP contribution in [-0.2, 0) is 9.59 Å². The SMILES string of the molecule is CC(=O)[N]([AlH2])C(C)=O.